The number of nitrogens with zero attached hydrogens (tertiary/aromatic N) is 2. The molecule has 1 aromatic heterocycles. The minimum atomic E-state index is 0.540. The van der Waals surface area contributed by atoms with E-state index < -0.39 is 0 Å². The average molecular weight is 224 g/mol. The standard InChI is InChI=1S/C11H20N4O/c1-3-5-7-13-11(12-4-2)14-9-10-6-8-16-15-10/h6,8H,3-5,7,9H2,1-2H3,(H2,12,13,14). The lowest BCUT2D eigenvalue weighted by Gasteiger charge is -2.09. The summed E-state index contributed by atoms with van der Waals surface area (Å²) in [6, 6.07) is 1.82. The molecule has 0 aliphatic carbocycles. The van der Waals surface area contributed by atoms with Crippen LogP contribution in [0, 0.1) is 0 Å². The lowest BCUT2D eigenvalue weighted by molar-refractivity contribution is 0.412. The van der Waals surface area contributed by atoms with Crippen molar-refractivity contribution >= 4 is 5.96 Å². The second-order valence-electron chi connectivity index (χ2n) is 3.47. The Morgan fingerprint density at radius 2 is 2.31 bits per heavy atom. The van der Waals surface area contributed by atoms with Crippen molar-refractivity contribution in [3.05, 3.63) is 18.0 Å². The molecule has 1 aromatic rings. The molecule has 0 fully saturated rings. The molecule has 2 N–H and O–H groups in total. The van der Waals surface area contributed by atoms with Gasteiger partial charge in [0.15, 0.2) is 5.96 Å². The van der Waals surface area contributed by atoms with Crippen LogP contribution in [0.5, 0.6) is 0 Å². The molecule has 0 unspecified atom stereocenters. The zero-order valence-electron chi connectivity index (χ0n) is 9.99. The molecule has 16 heavy (non-hydrogen) atoms. The number of aliphatic imine (C=N–C) groups is 1. The van der Waals surface area contributed by atoms with Gasteiger partial charge in [0.1, 0.15) is 12.0 Å². The van der Waals surface area contributed by atoms with Gasteiger partial charge >= 0.3 is 0 Å². The monoisotopic (exact) mass is 224 g/mol. The van der Waals surface area contributed by atoms with E-state index >= 15 is 0 Å². The van der Waals surface area contributed by atoms with Crippen molar-refractivity contribution in [2.75, 3.05) is 13.1 Å². The first-order chi connectivity index (χ1) is 7.86. The van der Waals surface area contributed by atoms with Gasteiger partial charge in [-0.15, -0.1) is 0 Å². The molecule has 0 aromatic carbocycles. The van der Waals surface area contributed by atoms with Gasteiger partial charge in [0, 0.05) is 19.2 Å². The minimum Gasteiger partial charge on any atom is -0.364 e. The van der Waals surface area contributed by atoms with Crippen LogP contribution in [0.4, 0.5) is 0 Å². The van der Waals surface area contributed by atoms with Gasteiger partial charge < -0.3 is 15.2 Å². The Labute approximate surface area is 96.3 Å². The Kier molecular flexibility index (Phi) is 6.06. The highest BCUT2D eigenvalue weighted by Gasteiger charge is 1.98. The SMILES string of the molecule is CCCCNC(=NCc1ccon1)NCC. The summed E-state index contributed by atoms with van der Waals surface area (Å²) in [6.07, 6.45) is 3.88. The highest BCUT2D eigenvalue weighted by molar-refractivity contribution is 5.79. The molecular formula is C11H20N4O. The highest BCUT2D eigenvalue weighted by Crippen LogP contribution is 1.96. The Bertz CT molecular complexity index is 295. The summed E-state index contributed by atoms with van der Waals surface area (Å²) >= 11 is 0. The number of guanidine groups is 1. The summed E-state index contributed by atoms with van der Waals surface area (Å²) in [6.45, 7) is 6.56. The van der Waals surface area contributed by atoms with Crippen LogP contribution in [0.1, 0.15) is 32.4 Å². The van der Waals surface area contributed by atoms with E-state index in [-0.39, 0.29) is 0 Å². The molecule has 0 radical (unpaired) electrons. The predicted molar refractivity (Wildman–Crippen MR) is 64.2 cm³/mol. The highest BCUT2D eigenvalue weighted by atomic mass is 16.5. The first-order valence-electron chi connectivity index (χ1n) is 5.78. The molecule has 0 atom stereocenters. The third-order valence-electron chi connectivity index (χ3n) is 2.06. The second kappa shape index (κ2) is 7.73. The van der Waals surface area contributed by atoms with Crippen LogP contribution in [-0.4, -0.2) is 24.2 Å². The van der Waals surface area contributed by atoms with Crippen molar-refractivity contribution in [2.24, 2.45) is 4.99 Å². The van der Waals surface area contributed by atoms with Crippen molar-refractivity contribution in [2.45, 2.75) is 33.2 Å². The Morgan fingerprint density at radius 3 is 2.94 bits per heavy atom. The minimum absolute atomic E-state index is 0.540. The van der Waals surface area contributed by atoms with Gasteiger partial charge in [-0.1, -0.05) is 18.5 Å². The van der Waals surface area contributed by atoms with E-state index in [1.54, 1.807) is 6.26 Å². The van der Waals surface area contributed by atoms with Crippen LogP contribution in [0.25, 0.3) is 0 Å². The maximum Gasteiger partial charge on any atom is 0.191 e. The van der Waals surface area contributed by atoms with Gasteiger partial charge in [0.25, 0.3) is 0 Å². The molecule has 90 valence electrons. The Hall–Kier alpha value is -1.52. The van der Waals surface area contributed by atoms with E-state index in [0.717, 1.165) is 31.2 Å². The zero-order chi connectivity index (χ0) is 11.6. The third-order valence-corrected chi connectivity index (χ3v) is 2.06. The lowest BCUT2D eigenvalue weighted by Crippen LogP contribution is -2.37. The topological polar surface area (TPSA) is 62.5 Å². The van der Waals surface area contributed by atoms with E-state index in [1.165, 1.54) is 6.42 Å². The van der Waals surface area contributed by atoms with Crippen LogP contribution in [-0.2, 0) is 6.54 Å². The molecule has 5 heteroatoms. The first-order valence-corrected chi connectivity index (χ1v) is 5.78. The van der Waals surface area contributed by atoms with Gasteiger partial charge in [-0.25, -0.2) is 4.99 Å². The number of unbranched alkanes of at least 4 members (excludes halogenated alkanes) is 1. The fourth-order valence-corrected chi connectivity index (χ4v) is 1.20. The third kappa shape index (κ3) is 4.82. The average Bonchev–Trinajstić information content (AvgIpc) is 2.79. The van der Waals surface area contributed by atoms with E-state index in [2.05, 4.69) is 27.7 Å². The fourth-order valence-electron chi connectivity index (χ4n) is 1.20. The summed E-state index contributed by atoms with van der Waals surface area (Å²) in [5.41, 5.74) is 0.840. The van der Waals surface area contributed by atoms with E-state index in [0.29, 0.717) is 6.54 Å². The summed E-state index contributed by atoms with van der Waals surface area (Å²) in [7, 11) is 0. The Balaban J connectivity index is 2.38. The van der Waals surface area contributed by atoms with Gasteiger partial charge in [-0.3, -0.25) is 0 Å². The number of rotatable bonds is 6. The molecule has 5 nitrogen and oxygen atoms in total. The second-order valence-corrected chi connectivity index (χ2v) is 3.47. The smallest absolute Gasteiger partial charge is 0.191 e. The summed E-state index contributed by atoms with van der Waals surface area (Å²) in [5, 5.41) is 10.3. The fraction of sp³-hybridized carbons (Fsp3) is 0.636. The lowest BCUT2D eigenvalue weighted by atomic mass is 10.3. The van der Waals surface area contributed by atoms with Gasteiger partial charge in [-0.05, 0) is 13.3 Å². The number of hydrogen-bond donors (Lipinski definition) is 2. The van der Waals surface area contributed by atoms with E-state index in [1.807, 2.05) is 13.0 Å². The zero-order valence-corrected chi connectivity index (χ0v) is 9.99. The van der Waals surface area contributed by atoms with Gasteiger partial charge in [0.2, 0.25) is 0 Å². The van der Waals surface area contributed by atoms with Crippen LogP contribution in [0.15, 0.2) is 21.8 Å². The van der Waals surface area contributed by atoms with Crippen LogP contribution < -0.4 is 10.6 Å². The summed E-state index contributed by atoms with van der Waals surface area (Å²) in [5.74, 6) is 0.832. The summed E-state index contributed by atoms with van der Waals surface area (Å²) < 4.78 is 4.75. The molecule has 0 bridgehead atoms. The molecular weight excluding hydrogens is 204 g/mol. The quantitative estimate of drug-likeness (QED) is 0.437. The number of aromatic nitrogens is 1. The predicted octanol–water partition coefficient (Wildman–Crippen LogP) is 1.53. The number of hydrogen-bond acceptors (Lipinski definition) is 3. The molecule has 0 amide bonds. The maximum absolute atomic E-state index is 4.75. The molecule has 1 rings (SSSR count). The first kappa shape index (κ1) is 12.5. The summed E-state index contributed by atoms with van der Waals surface area (Å²) in [4.78, 5) is 4.40. The molecule has 1 heterocycles. The molecule has 0 saturated heterocycles. The molecule has 0 spiro atoms. The van der Waals surface area contributed by atoms with Gasteiger partial charge in [-0.2, -0.15) is 0 Å². The number of nitrogens with one attached hydrogen (secondary N) is 2. The largest absolute Gasteiger partial charge is 0.364 e. The van der Waals surface area contributed by atoms with Crippen LogP contribution in [0.2, 0.25) is 0 Å². The van der Waals surface area contributed by atoms with Crippen molar-refractivity contribution in [1.82, 2.24) is 15.8 Å². The molecule has 0 aliphatic heterocycles. The van der Waals surface area contributed by atoms with Crippen molar-refractivity contribution in [3.8, 4) is 0 Å². The van der Waals surface area contributed by atoms with E-state index in [4.69, 9.17) is 4.52 Å². The maximum atomic E-state index is 4.75. The van der Waals surface area contributed by atoms with Crippen molar-refractivity contribution in [1.29, 1.82) is 0 Å². The molecule has 0 saturated carbocycles. The van der Waals surface area contributed by atoms with E-state index in [9.17, 15) is 0 Å². The van der Waals surface area contributed by atoms with Crippen molar-refractivity contribution in [3.63, 3.8) is 0 Å². The van der Waals surface area contributed by atoms with Crippen LogP contribution in [0.3, 0.4) is 0 Å². The Morgan fingerprint density at radius 1 is 1.44 bits per heavy atom. The van der Waals surface area contributed by atoms with Crippen LogP contribution >= 0.6 is 0 Å². The molecule has 0 aliphatic rings. The normalized spacial score (nSPS) is 11.5. The van der Waals surface area contributed by atoms with Gasteiger partial charge in [0.05, 0.1) is 6.54 Å². The van der Waals surface area contributed by atoms with Crippen molar-refractivity contribution < 1.29 is 4.52 Å².